The van der Waals surface area contributed by atoms with Gasteiger partial charge in [-0.2, -0.15) is 5.10 Å². The summed E-state index contributed by atoms with van der Waals surface area (Å²) in [7, 11) is 0. The van der Waals surface area contributed by atoms with E-state index in [4.69, 9.17) is 0 Å². The Bertz CT molecular complexity index is 745. The smallest absolute Gasteiger partial charge is 0.261 e. The molecular weight excluding hydrogens is 282 g/mol. The van der Waals surface area contributed by atoms with E-state index in [0.29, 0.717) is 4.91 Å². The van der Waals surface area contributed by atoms with Crippen molar-refractivity contribution >= 4 is 34.3 Å². The van der Waals surface area contributed by atoms with Crippen LogP contribution >= 0.6 is 11.8 Å². The summed E-state index contributed by atoms with van der Waals surface area (Å²) in [5.74, 6) is -0.0984. The second-order valence-corrected chi connectivity index (χ2v) is 5.57. The molecule has 0 saturated heterocycles. The first-order valence-electron chi connectivity index (χ1n) is 6.39. The summed E-state index contributed by atoms with van der Waals surface area (Å²) in [4.78, 5) is 12.7. The van der Waals surface area contributed by atoms with Gasteiger partial charge in [0.05, 0.1) is 22.3 Å². The van der Waals surface area contributed by atoms with E-state index < -0.39 is 0 Å². The maximum atomic E-state index is 11.1. The fourth-order valence-electron chi connectivity index (χ4n) is 1.91. The van der Waals surface area contributed by atoms with Gasteiger partial charge in [0.25, 0.3) is 5.91 Å². The molecule has 5 heteroatoms. The Morgan fingerprint density at radius 3 is 2.67 bits per heavy atom. The molecule has 4 rings (SSSR count). The van der Waals surface area contributed by atoms with Crippen LogP contribution in [0.2, 0.25) is 0 Å². The van der Waals surface area contributed by atoms with Crippen molar-refractivity contribution in [1.29, 1.82) is 0 Å². The minimum absolute atomic E-state index is 0.0984. The third-order valence-electron chi connectivity index (χ3n) is 2.97. The molecule has 1 aliphatic rings. The van der Waals surface area contributed by atoms with Gasteiger partial charge in [0, 0.05) is 10.3 Å². The predicted octanol–water partition coefficient (Wildman–Crippen LogP) is 3.81. The maximum Gasteiger partial charge on any atom is 0.261 e. The SMILES string of the molecule is C=C1Sc2ccccc2NC1=O.c1ccc2[nH]ncc2c1. The molecule has 0 radical (unpaired) electrons. The van der Waals surface area contributed by atoms with E-state index in [0.717, 1.165) is 21.5 Å². The van der Waals surface area contributed by atoms with Gasteiger partial charge in [-0.25, -0.2) is 0 Å². The number of benzene rings is 2. The number of amides is 1. The molecule has 2 N–H and O–H groups in total. The zero-order valence-corrected chi connectivity index (χ0v) is 12.0. The quantitative estimate of drug-likeness (QED) is 0.620. The number of rotatable bonds is 0. The fraction of sp³-hybridized carbons (Fsp3) is 0. The first-order valence-corrected chi connectivity index (χ1v) is 7.21. The van der Waals surface area contributed by atoms with Crippen molar-refractivity contribution in [3.05, 3.63) is 66.2 Å². The van der Waals surface area contributed by atoms with Crippen molar-refractivity contribution in [2.45, 2.75) is 4.90 Å². The molecule has 1 aromatic heterocycles. The van der Waals surface area contributed by atoms with E-state index in [9.17, 15) is 4.79 Å². The molecule has 3 aromatic rings. The number of aromatic nitrogens is 2. The van der Waals surface area contributed by atoms with Crippen LogP contribution in [0.15, 0.2) is 71.1 Å². The Morgan fingerprint density at radius 1 is 1.05 bits per heavy atom. The third-order valence-corrected chi connectivity index (χ3v) is 3.98. The van der Waals surface area contributed by atoms with Crippen LogP contribution < -0.4 is 5.32 Å². The third kappa shape index (κ3) is 2.98. The Balaban J connectivity index is 0.000000131. The monoisotopic (exact) mass is 295 g/mol. The molecule has 104 valence electrons. The second kappa shape index (κ2) is 5.85. The van der Waals surface area contributed by atoms with Crippen LogP contribution in [0.5, 0.6) is 0 Å². The molecule has 0 saturated carbocycles. The van der Waals surface area contributed by atoms with Gasteiger partial charge in [0.1, 0.15) is 0 Å². The van der Waals surface area contributed by atoms with Crippen LogP contribution in [-0.4, -0.2) is 16.1 Å². The number of hydrogen-bond acceptors (Lipinski definition) is 3. The van der Waals surface area contributed by atoms with Crippen molar-refractivity contribution in [2.75, 3.05) is 5.32 Å². The van der Waals surface area contributed by atoms with Crippen LogP contribution in [0.4, 0.5) is 5.69 Å². The first kappa shape index (κ1) is 13.5. The highest BCUT2D eigenvalue weighted by atomic mass is 32.2. The molecule has 2 heterocycles. The number of H-pyrrole nitrogens is 1. The number of aromatic amines is 1. The summed E-state index contributed by atoms with van der Waals surface area (Å²) in [5, 5.41) is 10.7. The van der Waals surface area contributed by atoms with E-state index in [1.807, 2.05) is 54.7 Å². The molecule has 21 heavy (non-hydrogen) atoms. The number of hydrogen-bond donors (Lipinski definition) is 2. The van der Waals surface area contributed by atoms with Crippen LogP contribution in [0.3, 0.4) is 0 Å². The molecule has 4 nitrogen and oxygen atoms in total. The van der Waals surface area contributed by atoms with Gasteiger partial charge >= 0.3 is 0 Å². The van der Waals surface area contributed by atoms with Crippen LogP contribution in [0, 0.1) is 0 Å². The first-order chi connectivity index (χ1) is 10.2. The number of fused-ring (bicyclic) bond motifs is 2. The van der Waals surface area contributed by atoms with E-state index in [1.54, 1.807) is 0 Å². The summed E-state index contributed by atoms with van der Waals surface area (Å²) in [6.45, 7) is 3.64. The lowest BCUT2D eigenvalue weighted by Gasteiger charge is -2.16. The molecule has 0 unspecified atom stereocenters. The number of thioether (sulfide) groups is 1. The summed E-state index contributed by atoms with van der Waals surface area (Å²) in [5.41, 5.74) is 1.97. The highest BCUT2D eigenvalue weighted by Crippen LogP contribution is 2.36. The molecular formula is C16H13N3OS. The minimum atomic E-state index is -0.0984. The average Bonchev–Trinajstić information content (AvgIpc) is 2.97. The van der Waals surface area contributed by atoms with Gasteiger partial charge in [0.15, 0.2) is 0 Å². The maximum absolute atomic E-state index is 11.1. The molecule has 0 atom stereocenters. The summed E-state index contributed by atoms with van der Waals surface area (Å²) >= 11 is 1.41. The lowest BCUT2D eigenvalue weighted by atomic mass is 10.3. The summed E-state index contributed by atoms with van der Waals surface area (Å²) in [6, 6.07) is 15.7. The lowest BCUT2D eigenvalue weighted by molar-refractivity contribution is -0.112. The Morgan fingerprint density at radius 2 is 1.81 bits per heavy atom. The predicted molar refractivity (Wildman–Crippen MR) is 86.2 cm³/mol. The Labute approximate surface area is 126 Å². The molecule has 0 aliphatic carbocycles. The molecule has 0 fully saturated rings. The summed E-state index contributed by atoms with van der Waals surface area (Å²) < 4.78 is 0. The zero-order chi connectivity index (χ0) is 14.7. The van der Waals surface area contributed by atoms with Crippen LogP contribution in [0.25, 0.3) is 10.9 Å². The van der Waals surface area contributed by atoms with Crippen molar-refractivity contribution < 1.29 is 4.79 Å². The lowest BCUT2D eigenvalue weighted by Crippen LogP contribution is -2.16. The number of para-hydroxylation sites is 2. The fourth-order valence-corrected chi connectivity index (χ4v) is 2.70. The molecule has 2 aromatic carbocycles. The van der Waals surface area contributed by atoms with E-state index in [1.165, 1.54) is 11.8 Å². The van der Waals surface area contributed by atoms with Crippen molar-refractivity contribution in [1.82, 2.24) is 10.2 Å². The van der Waals surface area contributed by atoms with Crippen LogP contribution in [-0.2, 0) is 4.79 Å². The van der Waals surface area contributed by atoms with Gasteiger partial charge in [0.2, 0.25) is 0 Å². The normalized spacial score (nSPS) is 13.1. The number of carbonyl (C=O) groups excluding carboxylic acids is 1. The van der Waals surface area contributed by atoms with Gasteiger partial charge < -0.3 is 5.32 Å². The van der Waals surface area contributed by atoms with Gasteiger partial charge in [-0.15, -0.1) is 0 Å². The van der Waals surface area contributed by atoms with Crippen LogP contribution in [0.1, 0.15) is 0 Å². The van der Waals surface area contributed by atoms with Gasteiger partial charge in [-0.1, -0.05) is 48.7 Å². The van der Waals surface area contributed by atoms with E-state index >= 15 is 0 Å². The second-order valence-electron chi connectivity index (χ2n) is 4.43. The van der Waals surface area contributed by atoms with E-state index in [-0.39, 0.29) is 5.91 Å². The standard InChI is InChI=1S/C9H7NOS.C7H6N2/c1-6-9(11)10-7-4-2-3-5-8(7)12-6;1-2-4-7-6(3-1)5-8-9-7/h2-5H,1H2,(H,10,11);1-5H,(H,8,9). The Hall–Kier alpha value is -2.53. The topological polar surface area (TPSA) is 57.8 Å². The zero-order valence-electron chi connectivity index (χ0n) is 11.2. The number of nitrogens with one attached hydrogen (secondary N) is 2. The highest BCUT2D eigenvalue weighted by Gasteiger charge is 2.17. The number of nitrogens with zero attached hydrogens (tertiary/aromatic N) is 1. The van der Waals surface area contributed by atoms with Crippen molar-refractivity contribution in [2.24, 2.45) is 0 Å². The Kier molecular flexibility index (Phi) is 3.75. The molecule has 0 bridgehead atoms. The number of anilines is 1. The minimum Gasteiger partial charge on any atom is -0.321 e. The number of carbonyl (C=O) groups is 1. The molecule has 1 amide bonds. The van der Waals surface area contributed by atoms with Gasteiger partial charge in [-0.3, -0.25) is 9.89 Å². The van der Waals surface area contributed by atoms with Crippen molar-refractivity contribution in [3.63, 3.8) is 0 Å². The average molecular weight is 295 g/mol. The highest BCUT2D eigenvalue weighted by molar-refractivity contribution is 8.04. The molecule has 1 aliphatic heterocycles. The summed E-state index contributed by atoms with van der Waals surface area (Å²) in [6.07, 6.45) is 1.81. The molecule has 0 spiro atoms. The van der Waals surface area contributed by atoms with Gasteiger partial charge in [-0.05, 0) is 18.2 Å². The van der Waals surface area contributed by atoms with Crippen molar-refractivity contribution in [3.8, 4) is 0 Å². The van der Waals surface area contributed by atoms with E-state index in [2.05, 4.69) is 22.1 Å². The largest absolute Gasteiger partial charge is 0.321 e.